The molecule has 7 heteroatoms. The Morgan fingerprint density at radius 3 is 2.79 bits per heavy atom. The highest BCUT2D eigenvalue weighted by Gasteiger charge is 2.16. The Kier molecular flexibility index (Phi) is 5.53. The molecule has 0 unspecified atom stereocenters. The second kappa shape index (κ2) is 8.23. The van der Waals surface area contributed by atoms with Crippen molar-refractivity contribution in [1.29, 1.82) is 5.26 Å². The van der Waals surface area contributed by atoms with E-state index < -0.39 is 0 Å². The molecule has 0 aliphatic heterocycles. The molecule has 4 nitrogen and oxygen atoms in total. The third kappa shape index (κ3) is 3.85. The first-order chi connectivity index (χ1) is 13.7. The van der Waals surface area contributed by atoms with Crippen LogP contribution in [0.3, 0.4) is 0 Å². The number of hydrogen-bond acceptors (Lipinski definition) is 6. The van der Waals surface area contributed by atoms with Crippen LogP contribution in [-0.4, -0.2) is 11.2 Å². The molecule has 4 aromatic rings. The smallest absolute Gasteiger partial charge is 0.154 e. The summed E-state index contributed by atoms with van der Waals surface area (Å²) >= 11 is 6.39. The van der Waals surface area contributed by atoms with Gasteiger partial charge in [-0.25, -0.2) is 4.98 Å². The molecule has 0 spiro atoms. The van der Waals surface area contributed by atoms with Crippen LogP contribution in [0, 0.1) is 11.3 Å². The number of allylic oxidation sites excluding steroid dienone is 1. The van der Waals surface area contributed by atoms with E-state index in [1.807, 2.05) is 66.2 Å². The van der Waals surface area contributed by atoms with Gasteiger partial charge in [0.05, 0.1) is 5.03 Å². The number of benzene rings is 2. The molecule has 4 rings (SSSR count). The number of nitrogens with one attached hydrogen (secondary N) is 1. The predicted octanol–water partition coefficient (Wildman–Crippen LogP) is 6.99. The molecule has 0 aliphatic carbocycles. The Balaban J connectivity index is 1.70. The maximum absolute atomic E-state index is 9.76. The number of anilines is 1. The van der Waals surface area contributed by atoms with Gasteiger partial charge < -0.3 is 9.73 Å². The lowest BCUT2D eigenvalue weighted by Gasteiger charge is -2.09. The Labute approximate surface area is 179 Å². The summed E-state index contributed by atoms with van der Waals surface area (Å²) in [5.41, 5.74) is 2.98. The first-order valence-corrected chi connectivity index (χ1v) is 11.2. The molecule has 1 N–H and O–H groups in total. The predicted molar refractivity (Wildman–Crippen MR) is 121 cm³/mol. The lowest BCUT2D eigenvalue weighted by Crippen LogP contribution is -1.99. The summed E-state index contributed by atoms with van der Waals surface area (Å²) in [6.45, 7) is 0. The number of nitrogens with zero attached hydrogens (tertiary/aromatic N) is 2. The largest absolute Gasteiger partial charge is 0.454 e. The number of rotatable bonds is 5. The van der Waals surface area contributed by atoms with Gasteiger partial charge in [-0.3, -0.25) is 0 Å². The second-order valence-corrected chi connectivity index (χ2v) is 8.43. The van der Waals surface area contributed by atoms with Crippen LogP contribution in [0.15, 0.2) is 73.9 Å². The Hall–Kier alpha value is -2.53. The number of furan rings is 1. The van der Waals surface area contributed by atoms with Crippen LogP contribution in [0.2, 0.25) is 0 Å². The third-order valence-corrected chi connectivity index (χ3v) is 6.09. The van der Waals surface area contributed by atoms with Crippen molar-refractivity contribution in [2.45, 2.75) is 0 Å². The summed E-state index contributed by atoms with van der Waals surface area (Å²) in [4.78, 5) is 4.66. The number of para-hydroxylation sites is 1. The summed E-state index contributed by atoms with van der Waals surface area (Å²) in [5.74, 6) is 0.689. The fraction of sp³-hybridized carbons (Fsp3) is 0.0476. The number of thiazole rings is 1. The minimum Gasteiger partial charge on any atom is -0.454 e. The molecule has 138 valence electrons. The van der Waals surface area contributed by atoms with E-state index in [1.165, 1.54) is 23.1 Å². The molecule has 2 aromatic heterocycles. The molecular weight excluding hydrogens is 454 g/mol. The van der Waals surface area contributed by atoms with Gasteiger partial charge >= 0.3 is 0 Å². The summed E-state index contributed by atoms with van der Waals surface area (Å²) in [5, 5.41) is 17.4. The van der Waals surface area contributed by atoms with Crippen molar-refractivity contribution in [2.24, 2.45) is 0 Å². The standard InChI is InChI=1S/C21H14BrN3OS2/c1-27-20(24-15-5-3-2-4-6-15)16(11-23)21-25-17(12-28-21)19-10-13-9-14(22)7-8-18(13)26-19/h2-10,12,24H,1H3/b20-16+. The van der Waals surface area contributed by atoms with Gasteiger partial charge in [-0.2, -0.15) is 5.26 Å². The Morgan fingerprint density at radius 2 is 2.04 bits per heavy atom. The van der Waals surface area contributed by atoms with E-state index in [-0.39, 0.29) is 0 Å². The van der Waals surface area contributed by atoms with Crippen molar-refractivity contribution in [3.63, 3.8) is 0 Å². The maximum Gasteiger partial charge on any atom is 0.154 e. The van der Waals surface area contributed by atoms with Gasteiger partial charge in [-0.15, -0.1) is 23.1 Å². The van der Waals surface area contributed by atoms with Crippen LogP contribution >= 0.6 is 39.0 Å². The molecule has 2 heterocycles. The SMILES string of the molecule is CS/C(Nc1ccccc1)=C(\C#N)c1nc(-c2cc3cc(Br)ccc3o2)cs1. The van der Waals surface area contributed by atoms with Gasteiger partial charge in [0.1, 0.15) is 27.9 Å². The van der Waals surface area contributed by atoms with Crippen LogP contribution in [-0.2, 0) is 0 Å². The van der Waals surface area contributed by atoms with Crippen LogP contribution in [0.25, 0.3) is 28.0 Å². The number of aromatic nitrogens is 1. The summed E-state index contributed by atoms with van der Waals surface area (Å²) < 4.78 is 6.92. The number of nitriles is 1. The molecule has 2 aromatic carbocycles. The van der Waals surface area contributed by atoms with Gasteiger partial charge in [-0.05, 0) is 42.7 Å². The number of hydrogen-bond donors (Lipinski definition) is 1. The molecule has 0 radical (unpaired) electrons. The molecule has 0 aliphatic rings. The van der Waals surface area contributed by atoms with E-state index in [1.54, 1.807) is 0 Å². The minimum atomic E-state index is 0.520. The average Bonchev–Trinajstić information content (AvgIpc) is 3.35. The molecule has 0 atom stereocenters. The number of halogens is 1. The molecule has 28 heavy (non-hydrogen) atoms. The average molecular weight is 468 g/mol. The van der Waals surface area contributed by atoms with Crippen LogP contribution < -0.4 is 5.32 Å². The minimum absolute atomic E-state index is 0.520. The molecule has 0 bridgehead atoms. The second-order valence-electron chi connectivity index (χ2n) is 5.84. The normalized spacial score (nSPS) is 11.9. The van der Waals surface area contributed by atoms with Gasteiger partial charge in [0.2, 0.25) is 0 Å². The van der Waals surface area contributed by atoms with E-state index in [4.69, 9.17) is 4.42 Å². The summed E-state index contributed by atoms with van der Waals surface area (Å²) in [6.07, 6.45) is 1.94. The molecular formula is C21H14BrN3OS2. The highest BCUT2D eigenvalue weighted by molar-refractivity contribution is 9.10. The first-order valence-electron chi connectivity index (χ1n) is 8.33. The third-order valence-electron chi connectivity index (χ3n) is 4.02. The lowest BCUT2D eigenvalue weighted by molar-refractivity contribution is 0.629. The molecule has 0 saturated heterocycles. The highest BCUT2D eigenvalue weighted by atomic mass is 79.9. The van der Waals surface area contributed by atoms with Gasteiger partial charge in [-0.1, -0.05) is 34.1 Å². The van der Waals surface area contributed by atoms with E-state index in [2.05, 4.69) is 32.3 Å². The van der Waals surface area contributed by atoms with Gasteiger partial charge in [0.25, 0.3) is 0 Å². The molecule has 0 fully saturated rings. The molecule has 0 saturated carbocycles. The highest BCUT2D eigenvalue weighted by Crippen LogP contribution is 2.34. The monoisotopic (exact) mass is 467 g/mol. The van der Waals surface area contributed by atoms with Gasteiger partial charge in [0.15, 0.2) is 5.76 Å². The zero-order chi connectivity index (χ0) is 19.5. The lowest BCUT2D eigenvalue weighted by atomic mass is 10.2. The summed E-state index contributed by atoms with van der Waals surface area (Å²) in [7, 11) is 0. The van der Waals surface area contributed by atoms with Crippen molar-refractivity contribution < 1.29 is 4.42 Å². The van der Waals surface area contributed by atoms with Crippen molar-refractivity contribution in [3.05, 3.63) is 74.5 Å². The maximum atomic E-state index is 9.76. The first kappa shape index (κ1) is 18.8. The van der Waals surface area contributed by atoms with Crippen molar-refractivity contribution in [2.75, 3.05) is 11.6 Å². The van der Waals surface area contributed by atoms with Crippen molar-refractivity contribution >= 4 is 61.3 Å². The van der Waals surface area contributed by atoms with Crippen LogP contribution in [0.5, 0.6) is 0 Å². The van der Waals surface area contributed by atoms with E-state index >= 15 is 0 Å². The Morgan fingerprint density at radius 1 is 1.21 bits per heavy atom. The molecule has 0 amide bonds. The van der Waals surface area contributed by atoms with E-state index in [9.17, 15) is 5.26 Å². The number of fused-ring (bicyclic) bond motifs is 1. The zero-order valence-corrected chi connectivity index (χ0v) is 18.0. The fourth-order valence-corrected chi connectivity index (χ4v) is 4.52. The van der Waals surface area contributed by atoms with Gasteiger partial charge in [0, 0.05) is 20.9 Å². The van der Waals surface area contributed by atoms with Crippen LogP contribution in [0.4, 0.5) is 5.69 Å². The summed E-state index contributed by atoms with van der Waals surface area (Å²) in [6, 6.07) is 19.9. The van der Waals surface area contributed by atoms with Crippen molar-refractivity contribution in [3.8, 4) is 17.5 Å². The van der Waals surface area contributed by atoms with Crippen molar-refractivity contribution in [1.82, 2.24) is 4.98 Å². The Bertz CT molecular complexity index is 1210. The van der Waals surface area contributed by atoms with E-state index in [0.717, 1.165) is 31.9 Å². The number of thioether (sulfide) groups is 1. The van der Waals surface area contributed by atoms with E-state index in [0.29, 0.717) is 16.3 Å². The fourth-order valence-electron chi connectivity index (χ4n) is 2.71. The quantitative estimate of drug-likeness (QED) is 0.320. The topological polar surface area (TPSA) is 61.9 Å². The zero-order valence-electron chi connectivity index (χ0n) is 14.8. The van der Waals surface area contributed by atoms with Crippen LogP contribution in [0.1, 0.15) is 5.01 Å².